The van der Waals surface area contributed by atoms with Crippen LogP contribution in [0, 0.1) is 0 Å². The molecule has 18 heteroatoms. The van der Waals surface area contributed by atoms with Crippen LogP contribution in [-0.4, -0.2) is 95.9 Å². The summed E-state index contributed by atoms with van der Waals surface area (Å²) in [7, 11) is -9.84. The maximum absolute atomic E-state index is 13.0. The number of carbonyl (C=O) groups excluding carboxylic acids is 3. The lowest BCUT2D eigenvalue weighted by Gasteiger charge is -2.21. The van der Waals surface area contributed by atoms with Gasteiger partial charge < -0.3 is 34.2 Å². The van der Waals surface area contributed by atoms with Crippen molar-refractivity contribution in [3.63, 3.8) is 0 Å². The third-order valence-electron chi connectivity index (χ3n) is 17.5. The molecule has 0 aliphatic heterocycles. The molecular weight excluding hydrogens is 1460 g/mol. The van der Waals surface area contributed by atoms with Gasteiger partial charge in [-0.2, -0.15) is 0 Å². The molecule has 0 fully saturated rings. The van der Waals surface area contributed by atoms with Crippen molar-refractivity contribution >= 4 is 33.6 Å². The number of phosphoric acid groups is 2. The Bertz CT molecular complexity index is 2880. The van der Waals surface area contributed by atoms with Crippen LogP contribution >= 0.6 is 15.6 Å². The molecule has 0 heterocycles. The van der Waals surface area contributed by atoms with E-state index in [4.69, 9.17) is 32.3 Å². The summed E-state index contributed by atoms with van der Waals surface area (Å²) < 4.78 is 61.2. The minimum Gasteiger partial charge on any atom is -0.463 e. The molecule has 113 heavy (non-hydrogen) atoms. The highest BCUT2D eigenvalue weighted by Gasteiger charge is 2.29. The van der Waals surface area contributed by atoms with Gasteiger partial charge in [-0.1, -0.05) is 343 Å². The lowest BCUT2D eigenvalue weighted by atomic mass is 10.0. The fourth-order valence-electron chi connectivity index (χ4n) is 11.0. The highest BCUT2D eigenvalue weighted by molar-refractivity contribution is 7.47. The van der Waals surface area contributed by atoms with E-state index in [0.717, 1.165) is 167 Å². The van der Waals surface area contributed by atoms with Gasteiger partial charge in [-0.05, 0) is 161 Å². The second kappa shape index (κ2) is 85.5. The number of esters is 3. The molecule has 0 aromatic heterocycles. The number of carbonyl (C=O) groups is 3. The van der Waals surface area contributed by atoms with E-state index in [1.165, 1.54) is 83.5 Å². The average Bonchev–Trinajstić information content (AvgIpc) is 0.886. The number of allylic oxidation sites excluding steroid dienone is 34. The third-order valence-corrected chi connectivity index (χ3v) is 19.4. The monoisotopic (exact) mass is 1610 g/mol. The Morgan fingerprint density at radius 1 is 0.248 bits per heavy atom. The van der Waals surface area contributed by atoms with Gasteiger partial charge in [0.1, 0.15) is 25.4 Å². The van der Waals surface area contributed by atoms with Crippen LogP contribution in [0.4, 0.5) is 0 Å². The first-order valence-corrected chi connectivity index (χ1v) is 46.4. The number of aliphatic hydroxyl groups is 2. The highest BCUT2D eigenvalue weighted by atomic mass is 31.2. The lowest BCUT2D eigenvalue weighted by molar-refractivity contribution is -0.161. The Hall–Kier alpha value is -5.87. The second-order valence-corrected chi connectivity index (χ2v) is 31.1. The van der Waals surface area contributed by atoms with Crippen LogP contribution in [0.25, 0.3) is 0 Å². The van der Waals surface area contributed by atoms with Crippen molar-refractivity contribution in [3.8, 4) is 0 Å². The third kappa shape index (κ3) is 86.8. The summed E-state index contributed by atoms with van der Waals surface area (Å²) in [4.78, 5) is 58.8. The number of hydrogen-bond donors (Lipinski definition) is 4. The van der Waals surface area contributed by atoms with E-state index in [1.54, 1.807) is 0 Å². The number of ether oxygens (including phenoxy) is 3. The van der Waals surface area contributed by atoms with E-state index < -0.39 is 91.5 Å². The van der Waals surface area contributed by atoms with Gasteiger partial charge in [0.2, 0.25) is 0 Å². The zero-order valence-corrected chi connectivity index (χ0v) is 72.0. The van der Waals surface area contributed by atoms with Gasteiger partial charge in [0, 0.05) is 19.3 Å². The van der Waals surface area contributed by atoms with E-state index >= 15 is 0 Å². The average molecular weight is 1610 g/mol. The van der Waals surface area contributed by atoms with Gasteiger partial charge in [0.05, 0.1) is 26.4 Å². The Morgan fingerprint density at radius 3 is 0.726 bits per heavy atom. The molecule has 0 rings (SSSR count). The fraction of sp³-hybridized carbons (Fsp3) is 0.611. The number of rotatable bonds is 80. The zero-order chi connectivity index (χ0) is 82.2. The second-order valence-electron chi connectivity index (χ2n) is 28.2. The Balaban J connectivity index is 4.54. The molecule has 4 N–H and O–H groups in total. The van der Waals surface area contributed by atoms with E-state index in [-0.39, 0.29) is 19.3 Å². The molecule has 0 saturated heterocycles. The minimum atomic E-state index is -4.96. The van der Waals surface area contributed by atoms with Gasteiger partial charge in [-0.25, -0.2) is 9.13 Å². The van der Waals surface area contributed by atoms with Crippen LogP contribution in [0.1, 0.15) is 316 Å². The van der Waals surface area contributed by atoms with Gasteiger partial charge in [0.15, 0.2) is 6.10 Å². The van der Waals surface area contributed by atoms with Crippen LogP contribution < -0.4 is 0 Å². The van der Waals surface area contributed by atoms with E-state index in [2.05, 4.69) is 215 Å². The Morgan fingerprint density at radius 2 is 0.451 bits per heavy atom. The first-order valence-electron chi connectivity index (χ1n) is 43.4. The molecule has 0 bridgehead atoms. The fourth-order valence-corrected chi connectivity index (χ4v) is 12.6. The molecule has 0 aliphatic rings. The van der Waals surface area contributed by atoms with E-state index in [1.807, 2.05) is 12.2 Å². The van der Waals surface area contributed by atoms with Gasteiger partial charge in [0.25, 0.3) is 0 Å². The van der Waals surface area contributed by atoms with Crippen molar-refractivity contribution in [3.05, 3.63) is 207 Å². The molecule has 5 atom stereocenters. The number of unbranched alkanes of at least 4 members (excludes halogenated alkanes) is 23. The number of phosphoric ester groups is 2. The molecule has 0 aliphatic carbocycles. The predicted molar refractivity (Wildman–Crippen MR) is 472 cm³/mol. The van der Waals surface area contributed by atoms with Crippen molar-refractivity contribution in [1.82, 2.24) is 0 Å². The maximum Gasteiger partial charge on any atom is 0.472 e. The molecule has 0 saturated carbocycles. The molecule has 16 nitrogen and oxygen atoms in total. The largest absolute Gasteiger partial charge is 0.472 e. The summed E-state index contributed by atoms with van der Waals surface area (Å²) in [5.74, 6) is -1.67. The van der Waals surface area contributed by atoms with Gasteiger partial charge in [-0.3, -0.25) is 32.5 Å². The predicted octanol–water partition coefficient (Wildman–Crippen LogP) is 26.4. The topological polar surface area (TPSA) is 231 Å². The lowest BCUT2D eigenvalue weighted by Crippen LogP contribution is -2.30. The van der Waals surface area contributed by atoms with Crippen LogP contribution in [0.5, 0.6) is 0 Å². The van der Waals surface area contributed by atoms with E-state index in [9.17, 15) is 43.5 Å². The van der Waals surface area contributed by atoms with Gasteiger partial charge in [-0.15, -0.1) is 0 Å². The van der Waals surface area contributed by atoms with Gasteiger partial charge >= 0.3 is 33.6 Å². The first kappa shape index (κ1) is 107. The molecule has 0 radical (unpaired) electrons. The molecule has 5 unspecified atom stereocenters. The van der Waals surface area contributed by atoms with Crippen molar-refractivity contribution in [2.75, 3.05) is 39.6 Å². The van der Waals surface area contributed by atoms with Crippen molar-refractivity contribution in [2.45, 2.75) is 334 Å². The minimum absolute atomic E-state index is 0.0152. The maximum atomic E-state index is 13.0. The summed E-state index contributed by atoms with van der Waals surface area (Å²) in [6, 6.07) is 0. The number of hydrogen-bond acceptors (Lipinski definition) is 14. The SMILES string of the molecule is CC/C=C\C/C=C\C/C=C\C/C=C\C/C=C\C/C=C\CCCCCCCCCCCCCCCCCCC(=O)OCC(O)COP(=O)(O)OCC(O)COP(=O)(O)OCC(COC(=O)CCCCCCCC/C=C\C/C=C\C/C=C\C/C=C\C/C=C\C/C=C\CC)OC(=O)CCC/C=C\C/C=C\C/C=C\C/C=C\C/C=C\CC. The molecule has 0 spiro atoms. The number of aliphatic hydroxyl groups excluding tert-OH is 2. The standard InChI is InChI=1S/C95H154O16P2/c1-4-7-10-13-16-19-22-25-28-31-33-35-37-39-40-41-42-43-44-45-46-47-48-50-52-53-55-58-60-63-66-69-72-75-78-81-93(98)105-84-90(96)85-107-112(101,102)108-86-91(97)87-109-113(103,104)110-89-92(111-95(100)83-80-77-74-71-68-65-62-57-30-27-24-21-18-15-12-9-6-3)88-106-94(99)82-79-76-73-70-67-64-61-59-56-54-51-49-38-36-34-32-29-26-23-20-17-14-11-8-5-2/h7-12,16-21,25-30,33-36,39-40,42-43,49,51,56,59,62,65,71,74,90-92,96-97H,4-6,13-15,22-24,31-32,37-38,41,44-48,50,52-55,57-58,60-61,63-64,66-70,72-73,75-89H2,1-3H3,(H,101,102)(H,103,104)/b10-7-,11-8-,12-9-,19-16-,20-17-,21-18-,28-25-,29-26-,30-27-,35-33-,36-34-,40-39-,43-42-,51-49-,59-56-,65-62-,74-71-. The smallest absolute Gasteiger partial charge is 0.463 e. The van der Waals surface area contributed by atoms with Crippen LogP contribution in [-0.2, 0) is 55.8 Å². The zero-order valence-electron chi connectivity index (χ0n) is 70.2. The van der Waals surface area contributed by atoms with Crippen LogP contribution in [0.15, 0.2) is 207 Å². The van der Waals surface area contributed by atoms with Crippen molar-refractivity contribution in [2.24, 2.45) is 0 Å². The van der Waals surface area contributed by atoms with Crippen LogP contribution in [0.2, 0.25) is 0 Å². The summed E-state index contributed by atoms with van der Waals surface area (Å²) in [6.45, 7) is 2.25. The molecule has 0 aromatic rings. The summed E-state index contributed by atoms with van der Waals surface area (Å²) in [5, 5.41) is 20.7. The Labute approximate surface area is 686 Å². The van der Waals surface area contributed by atoms with Crippen LogP contribution in [0.3, 0.4) is 0 Å². The first-order chi connectivity index (χ1) is 55.2. The molecule has 0 aromatic carbocycles. The quantitative estimate of drug-likeness (QED) is 0.0146. The summed E-state index contributed by atoms with van der Waals surface area (Å²) in [5.41, 5.74) is 0. The summed E-state index contributed by atoms with van der Waals surface area (Å²) >= 11 is 0. The summed E-state index contributed by atoms with van der Waals surface area (Å²) in [6.07, 6.45) is 115. The van der Waals surface area contributed by atoms with Crippen molar-refractivity contribution in [1.29, 1.82) is 0 Å². The molecule has 640 valence electrons. The molecular formula is C95H154O16P2. The normalized spacial score (nSPS) is 14.9. The Kier molecular flexibility index (Phi) is 81.1. The van der Waals surface area contributed by atoms with Crippen molar-refractivity contribution < 1.29 is 75.8 Å². The molecule has 0 amide bonds. The van der Waals surface area contributed by atoms with E-state index in [0.29, 0.717) is 25.7 Å². The highest BCUT2D eigenvalue weighted by Crippen LogP contribution is 2.45.